The van der Waals surface area contributed by atoms with Crippen LogP contribution in [0.3, 0.4) is 0 Å². The molecule has 4 nitrogen and oxygen atoms in total. The Kier molecular flexibility index (Phi) is 4.93. The molecule has 0 radical (unpaired) electrons. The molecule has 0 bridgehead atoms. The van der Waals surface area contributed by atoms with Crippen molar-refractivity contribution in [3.05, 3.63) is 47.7 Å². The molecule has 0 amide bonds. The Labute approximate surface area is 120 Å². The maximum atomic E-state index is 4.43. The predicted octanol–water partition coefficient (Wildman–Crippen LogP) is 3.43. The van der Waals surface area contributed by atoms with Crippen molar-refractivity contribution >= 4 is 11.8 Å². The SMILES string of the molecule is CNc1ncc(C)c(NCCC(C)c2ccccc2)n1. The smallest absolute Gasteiger partial charge is 0.224 e. The van der Waals surface area contributed by atoms with E-state index in [4.69, 9.17) is 0 Å². The van der Waals surface area contributed by atoms with E-state index in [-0.39, 0.29) is 0 Å². The summed E-state index contributed by atoms with van der Waals surface area (Å²) >= 11 is 0. The van der Waals surface area contributed by atoms with Crippen LogP contribution in [0, 0.1) is 6.92 Å². The summed E-state index contributed by atoms with van der Waals surface area (Å²) < 4.78 is 0. The maximum absolute atomic E-state index is 4.43. The minimum Gasteiger partial charge on any atom is -0.370 e. The third-order valence-corrected chi connectivity index (χ3v) is 3.43. The molecular weight excluding hydrogens is 248 g/mol. The molecule has 0 aliphatic carbocycles. The van der Waals surface area contributed by atoms with Crippen molar-refractivity contribution in [2.75, 3.05) is 24.2 Å². The maximum Gasteiger partial charge on any atom is 0.224 e. The van der Waals surface area contributed by atoms with Crippen molar-refractivity contribution < 1.29 is 0 Å². The first-order chi connectivity index (χ1) is 9.70. The number of nitrogens with one attached hydrogen (secondary N) is 2. The van der Waals surface area contributed by atoms with Crippen LogP contribution >= 0.6 is 0 Å². The topological polar surface area (TPSA) is 49.8 Å². The number of hydrogen-bond donors (Lipinski definition) is 2. The van der Waals surface area contributed by atoms with Crippen molar-refractivity contribution in [2.45, 2.75) is 26.2 Å². The first kappa shape index (κ1) is 14.3. The zero-order valence-electron chi connectivity index (χ0n) is 12.4. The van der Waals surface area contributed by atoms with Gasteiger partial charge < -0.3 is 10.6 Å². The fourth-order valence-electron chi connectivity index (χ4n) is 2.10. The Balaban J connectivity index is 1.90. The van der Waals surface area contributed by atoms with Gasteiger partial charge in [-0.3, -0.25) is 0 Å². The highest BCUT2D eigenvalue weighted by atomic mass is 15.1. The van der Waals surface area contributed by atoms with Crippen LogP contribution in [-0.4, -0.2) is 23.6 Å². The van der Waals surface area contributed by atoms with Gasteiger partial charge in [-0.25, -0.2) is 4.98 Å². The zero-order valence-corrected chi connectivity index (χ0v) is 12.4. The van der Waals surface area contributed by atoms with Crippen LogP contribution < -0.4 is 10.6 Å². The Bertz CT molecular complexity index is 539. The molecule has 0 saturated heterocycles. The van der Waals surface area contributed by atoms with Gasteiger partial charge in [-0.15, -0.1) is 0 Å². The molecule has 4 heteroatoms. The van der Waals surface area contributed by atoms with E-state index in [1.165, 1.54) is 5.56 Å². The lowest BCUT2D eigenvalue weighted by Crippen LogP contribution is -2.09. The molecule has 0 aliphatic heterocycles. The average molecular weight is 270 g/mol. The second kappa shape index (κ2) is 6.89. The minimum atomic E-state index is 0.537. The van der Waals surface area contributed by atoms with Crippen LogP contribution in [0.25, 0.3) is 0 Å². The van der Waals surface area contributed by atoms with Gasteiger partial charge in [-0.05, 0) is 24.8 Å². The molecule has 1 unspecified atom stereocenters. The van der Waals surface area contributed by atoms with Crippen LogP contribution in [0.15, 0.2) is 36.5 Å². The van der Waals surface area contributed by atoms with E-state index in [0.717, 1.165) is 24.3 Å². The van der Waals surface area contributed by atoms with E-state index < -0.39 is 0 Å². The second-order valence-corrected chi connectivity index (χ2v) is 5.00. The number of anilines is 2. The van der Waals surface area contributed by atoms with Crippen LogP contribution in [0.2, 0.25) is 0 Å². The number of aryl methyl sites for hydroxylation is 1. The van der Waals surface area contributed by atoms with Gasteiger partial charge in [-0.2, -0.15) is 4.98 Å². The summed E-state index contributed by atoms with van der Waals surface area (Å²) in [5.74, 6) is 2.09. The highest BCUT2D eigenvalue weighted by Crippen LogP contribution is 2.19. The van der Waals surface area contributed by atoms with E-state index in [1.807, 2.05) is 20.2 Å². The van der Waals surface area contributed by atoms with Gasteiger partial charge in [0, 0.05) is 25.4 Å². The molecule has 0 aliphatic rings. The molecule has 1 aromatic heterocycles. The van der Waals surface area contributed by atoms with Crippen LogP contribution in [0.4, 0.5) is 11.8 Å². The third kappa shape index (κ3) is 3.70. The second-order valence-electron chi connectivity index (χ2n) is 5.00. The molecular formula is C16H22N4. The third-order valence-electron chi connectivity index (χ3n) is 3.43. The standard InChI is InChI=1S/C16H22N4/c1-12(14-7-5-4-6-8-14)9-10-18-15-13(2)11-19-16(17-3)20-15/h4-8,11-12H,9-10H2,1-3H3,(H2,17,18,19,20). The van der Waals surface area contributed by atoms with Gasteiger partial charge in [-0.1, -0.05) is 37.3 Å². The highest BCUT2D eigenvalue weighted by molar-refractivity contribution is 5.46. The zero-order chi connectivity index (χ0) is 14.4. The van der Waals surface area contributed by atoms with E-state index in [9.17, 15) is 0 Å². The van der Waals surface area contributed by atoms with E-state index >= 15 is 0 Å². The van der Waals surface area contributed by atoms with E-state index in [1.54, 1.807) is 0 Å². The molecule has 0 saturated carbocycles. The summed E-state index contributed by atoms with van der Waals surface area (Å²) in [7, 11) is 1.83. The Morgan fingerprint density at radius 1 is 1.20 bits per heavy atom. The molecule has 1 heterocycles. The molecule has 2 N–H and O–H groups in total. The van der Waals surface area contributed by atoms with Gasteiger partial charge in [0.25, 0.3) is 0 Å². The highest BCUT2D eigenvalue weighted by Gasteiger charge is 2.06. The number of benzene rings is 1. The molecule has 106 valence electrons. The first-order valence-corrected chi connectivity index (χ1v) is 7.01. The Hall–Kier alpha value is -2.10. The number of aromatic nitrogens is 2. The fourth-order valence-corrected chi connectivity index (χ4v) is 2.10. The molecule has 1 atom stereocenters. The normalized spacial score (nSPS) is 11.9. The molecule has 0 spiro atoms. The van der Waals surface area contributed by atoms with Crippen LogP contribution in [0.1, 0.15) is 30.4 Å². The van der Waals surface area contributed by atoms with Gasteiger partial charge in [0.2, 0.25) is 5.95 Å². The van der Waals surface area contributed by atoms with Crippen molar-refractivity contribution in [1.82, 2.24) is 9.97 Å². The molecule has 20 heavy (non-hydrogen) atoms. The van der Waals surface area contributed by atoms with Crippen molar-refractivity contribution in [3.63, 3.8) is 0 Å². The quantitative estimate of drug-likeness (QED) is 0.844. The Morgan fingerprint density at radius 3 is 2.65 bits per heavy atom. The monoisotopic (exact) mass is 270 g/mol. The summed E-state index contributed by atoms with van der Waals surface area (Å²) in [5, 5.41) is 6.35. The predicted molar refractivity (Wildman–Crippen MR) is 84.3 cm³/mol. The molecule has 2 aromatic rings. The minimum absolute atomic E-state index is 0.537. The lowest BCUT2D eigenvalue weighted by Gasteiger charge is -2.14. The van der Waals surface area contributed by atoms with Crippen molar-refractivity contribution in [2.24, 2.45) is 0 Å². The van der Waals surface area contributed by atoms with Crippen LogP contribution in [0.5, 0.6) is 0 Å². The average Bonchev–Trinajstić information content (AvgIpc) is 2.50. The van der Waals surface area contributed by atoms with Gasteiger partial charge in [0.15, 0.2) is 0 Å². The number of rotatable bonds is 6. The summed E-state index contributed by atoms with van der Waals surface area (Å²) in [6.07, 6.45) is 2.91. The Morgan fingerprint density at radius 2 is 1.95 bits per heavy atom. The van der Waals surface area contributed by atoms with Gasteiger partial charge in [0.05, 0.1) is 0 Å². The van der Waals surface area contributed by atoms with E-state index in [2.05, 4.69) is 57.9 Å². The van der Waals surface area contributed by atoms with E-state index in [0.29, 0.717) is 11.9 Å². The molecule has 1 aromatic carbocycles. The summed E-state index contributed by atoms with van der Waals surface area (Å²) in [6.45, 7) is 5.17. The van der Waals surface area contributed by atoms with Crippen LogP contribution in [-0.2, 0) is 0 Å². The summed E-state index contributed by atoms with van der Waals surface area (Å²) in [5.41, 5.74) is 2.45. The number of hydrogen-bond acceptors (Lipinski definition) is 4. The van der Waals surface area contributed by atoms with Gasteiger partial charge >= 0.3 is 0 Å². The summed E-state index contributed by atoms with van der Waals surface area (Å²) in [6, 6.07) is 10.6. The lowest BCUT2D eigenvalue weighted by atomic mass is 9.98. The fraction of sp³-hybridized carbons (Fsp3) is 0.375. The van der Waals surface area contributed by atoms with Crippen molar-refractivity contribution in [3.8, 4) is 0 Å². The summed E-state index contributed by atoms with van der Waals surface area (Å²) in [4.78, 5) is 8.61. The van der Waals surface area contributed by atoms with Gasteiger partial charge in [0.1, 0.15) is 5.82 Å². The lowest BCUT2D eigenvalue weighted by molar-refractivity contribution is 0.704. The molecule has 0 fully saturated rings. The van der Waals surface area contributed by atoms with Crippen molar-refractivity contribution in [1.29, 1.82) is 0 Å². The first-order valence-electron chi connectivity index (χ1n) is 7.01. The molecule has 2 rings (SSSR count). The largest absolute Gasteiger partial charge is 0.370 e. The number of nitrogens with zero attached hydrogens (tertiary/aromatic N) is 2.